The van der Waals surface area contributed by atoms with Gasteiger partial charge in [0.05, 0.1) is 5.71 Å². The molecule has 5 nitrogen and oxygen atoms in total. The van der Waals surface area contributed by atoms with Crippen molar-refractivity contribution in [1.82, 2.24) is 5.43 Å². The fourth-order valence-corrected chi connectivity index (χ4v) is 2.84. The van der Waals surface area contributed by atoms with Crippen molar-refractivity contribution in [2.24, 2.45) is 5.10 Å². The van der Waals surface area contributed by atoms with Crippen molar-refractivity contribution in [2.45, 2.75) is 13.3 Å². The second kappa shape index (κ2) is 4.94. The lowest BCUT2D eigenvalue weighted by atomic mass is 9.94. The molecule has 2 aromatic rings. The van der Waals surface area contributed by atoms with E-state index in [0.29, 0.717) is 0 Å². The van der Waals surface area contributed by atoms with Crippen LogP contribution in [0.15, 0.2) is 35.4 Å². The molecule has 112 valence electrons. The van der Waals surface area contributed by atoms with Crippen molar-refractivity contribution in [1.29, 1.82) is 0 Å². The van der Waals surface area contributed by atoms with Gasteiger partial charge in [-0.15, -0.1) is 0 Å². The first-order valence-electron chi connectivity index (χ1n) is 7.32. The molecule has 0 aliphatic carbocycles. The molecule has 2 aromatic carbocycles. The molecule has 0 saturated heterocycles. The zero-order valence-electron chi connectivity index (χ0n) is 12.3. The molecule has 0 atom stereocenters. The molecule has 22 heavy (non-hydrogen) atoms. The van der Waals surface area contributed by atoms with E-state index < -0.39 is 0 Å². The van der Waals surface area contributed by atoms with E-state index in [9.17, 15) is 0 Å². The van der Waals surface area contributed by atoms with Crippen molar-refractivity contribution in [3.63, 3.8) is 0 Å². The molecule has 5 heteroatoms. The van der Waals surface area contributed by atoms with Gasteiger partial charge in [-0.25, -0.2) is 0 Å². The minimum atomic E-state index is 0.282. The molecule has 0 amide bonds. The van der Waals surface area contributed by atoms with Crippen molar-refractivity contribution in [2.75, 3.05) is 19.1 Å². The summed E-state index contributed by atoms with van der Waals surface area (Å²) < 4.78 is 11.0. The Labute approximate surface area is 128 Å². The van der Waals surface area contributed by atoms with E-state index in [1.54, 1.807) is 0 Å². The zero-order chi connectivity index (χ0) is 15.1. The third-order valence-corrected chi connectivity index (χ3v) is 4.09. The van der Waals surface area contributed by atoms with Gasteiger partial charge < -0.3 is 20.6 Å². The number of nitrogens with two attached hydrogens (primary N) is 1. The number of nitrogens with zero attached hydrogens (tertiary/aromatic N) is 1. The maximum atomic E-state index is 5.93. The summed E-state index contributed by atoms with van der Waals surface area (Å²) >= 11 is 0. The Hall–Kier alpha value is -2.69. The highest BCUT2D eigenvalue weighted by Gasteiger charge is 2.22. The maximum absolute atomic E-state index is 5.93. The van der Waals surface area contributed by atoms with Crippen LogP contribution in [0.1, 0.15) is 22.3 Å². The Bertz CT molecular complexity index is 784. The summed E-state index contributed by atoms with van der Waals surface area (Å²) in [5.41, 5.74) is 15.1. The Kier molecular flexibility index (Phi) is 2.92. The first kappa shape index (κ1) is 13.0. The number of fused-ring (bicyclic) bond motifs is 2. The lowest BCUT2D eigenvalue weighted by molar-refractivity contribution is 0.174. The van der Waals surface area contributed by atoms with Crippen LogP contribution < -0.4 is 20.6 Å². The molecule has 0 saturated carbocycles. The normalized spacial score (nSPS) is 15.6. The standard InChI is InChI=1S/C17H17N3O2/c1-10-6-12(2-3-14(10)18)17-13-8-16-15(21-9-22-16)7-11(13)4-5-19-20-17/h2-3,6-8,19H,4-5,9,18H2,1H3. The van der Waals surface area contributed by atoms with Gasteiger partial charge in [-0.1, -0.05) is 6.07 Å². The summed E-state index contributed by atoms with van der Waals surface area (Å²) in [5, 5.41) is 4.56. The van der Waals surface area contributed by atoms with Gasteiger partial charge in [0.15, 0.2) is 11.5 Å². The SMILES string of the molecule is Cc1cc(C2=NNCCc3cc4c(cc32)OCO4)ccc1N. The van der Waals surface area contributed by atoms with Gasteiger partial charge in [0.25, 0.3) is 0 Å². The summed E-state index contributed by atoms with van der Waals surface area (Å²) in [6.07, 6.45) is 0.896. The van der Waals surface area contributed by atoms with E-state index >= 15 is 0 Å². The minimum absolute atomic E-state index is 0.282. The van der Waals surface area contributed by atoms with Crippen molar-refractivity contribution in [3.8, 4) is 11.5 Å². The molecule has 0 unspecified atom stereocenters. The fraction of sp³-hybridized carbons (Fsp3) is 0.235. The van der Waals surface area contributed by atoms with E-state index in [0.717, 1.165) is 52.6 Å². The Morgan fingerprint density at radius 3 is 2.77 bits per heavy atom. The van der Waals surface area contributed by atoms with Gasteiger partial charge in [-0.2, -0.15) is 5.10 Å². The van der Waals surface area contributed by atoms with Crippen LogP contribution >= 0.6 is 0 Å². The van der Waals surface area contributed by atoms with Crippen molar-refractivity contribution < 1.29 is 9.47 Å². The molecule has 4 rings (SSSR count). The van der Waals surface area contributed by atoms with Gasteiger partial charge in [-0.3, -0.25) is 0 Å². The van der Waals surface area contributed by atoms with Gasteiger partial charge in [0.2, 0.25) is 6.79 Å². The molecule has 2 heterocycles. The number of benzene rings is 2. The Morgan fingerprint density at radius 2 is 1.95 bits per heavy atom. The maximum Gasteiger partial charge on any atom is 0.231 e. The molecule has 3 N–H and O–H groups in total. The number of rotatable bonds is 1. The van der Waals surface area contributed by atoms with Crippen molar-refractivity contribution in [3.05, 3.63) is 52.6 Å². The van der Waals surface area contributed by atoms with E-state index in [4.69, 9.17) is 15.2 Å². The number of hydrogen-bond acceptors (Lipinski definition) is 5. The van der Waals surface area contributed by atoms with E-state index in [-0.39, 0.29) is 6.79 Å². The van der Waals surface area contributed by atoms with Gasteiger partial charge >= 0.3 is 0 Å². The highest BCUT2D eigenvalue weighted by molar-refractivity contribution is 6.14. The van der Waals surface area contributed by atoms with Crippen LogP contribution in [0.3, 0.4) is 0 Å². The Balaban J connectivity index is 1.87. The number of hydrazone groups is 1. The van der Waals surface area contributed by atoms with E-state index in [1.807, 2.05) is 25.1 Å². The van der Waals surface area contributed by atoms with Gasteiger partial charge in [0.1, 0.15) is 0 Å². The van der Waals surface area contributed by atoms with Gasteiger partial charge in [0, 0.05) is 23.4 Å². The van der Waals surface area contributed by atoms with Crippen LogP contribution in [0, 0.1) is 6.92 Å². The predicted molar refractivity (Wildman–Crippen MR) is 85.5 cm³/mol. The van der Waals surface area contributed by atoms with E-state index in [1.165, 1.54) is 5.56 Å². The van der Waals surface area contributed by atoms with Crippen LogP contribution in [-0.2, 0) is 6.42 Å². The van der Waals surface area contributed by atoms with Crippen molar-refractivity contribution >= 4 is 11.4 Å². The summed E-state index contributed by atoms with van der Waals surface area (Å²) in [6, 6.07) is 10.1. The number of nitrogen functional groups attached to an aromatic ring is 1. The molecule has 2 aliphatic heterocycles. The van der Waals surface area contributed by atoms with Crippen LogP contribution in [0.4, 0.5) is 5.69 Å². The molecule has 2 aliphatic rings. The van der Waals surface area contributed by atoms with Gasteiger partial charge in [-0.05, 0) is 48.7 Å². The highest BCUT2D eigenvalue weighted by atomic mass is 16.7. The summed E-state index contributed by atoms with van der Waals surface area (Å²) in [5.74, 6) is 1.59. The third kappa shape index (κ3) is 2.06. The molecular formula is C17H17N3O2. The van der Waals surface area contributed by atoms with Crippen LogP contribution in [0.5, 0.6) is 11.5 Å². The smallest absolute Gasteiger partial charge is 0.231 e. The van der Waals surface area contributed by atoms with Crippen LogP contribution in [-0.4, -0.2) is 19.0 Å². The first-order chi connectivity index (χ1) is 10.7. The second-order valence-electron chi connectivity index (χ2n) is 5.55. The van der Waals surface area contributed by atoms with Crippen LogP contribution in [0.25, 0.3) is 0 Å². The largest absolute Gasteiger partial charge is 0.454 e. The topological polar surface area (TPSA) is 68.9 Å². The van der Waals surface area contributed by atoms with Crippen LogP contribution in [0.2, 0.25) is 0 Å². The molecule has 0 radical (unpaired) electrons. The quantitative estimate of drug-likeness (QED) is 0.791. The summed E-state index contributed by atoms with van der Waals surface area (Å²) in [6.45, 7) is 3.08. The monoisotopic (exact) mass is 295 g/mol. The predicted octanol–water partition coefficient (Wildman–Crippen LogP) is 2.20. The lowest BCUT2D eigenvalue weighted by Crippen LogP contribution is -2.10. The number of hydrogen-bond donors (Lipinski definition) is 2. The molecule has 0 spiro atoms. The fourth-order valence-electron chi connectivity index (χ4n) is 2.84. The first-order valence-corrected chi connectivity index (χ1v) is 7.32. The molecule has 0 aromatic heterocycles. The summed E-state index contributed by atoms with van der Waals surface area (Å²) in [7, 11) is 0. The number of aryl methyl sites for hydroxylation is 1. The lowest BCUT2D eigenvalue weighted by Gasteiger charge is -2.11. The average Bonchev–Trinajstić information content (AvgIpc) is 2.87. The minimum Gasteiger partial charge on any atom is -0.454 e. The molecular weight excluding hydrogens is 278 g/mol. The zero-order valence-corrected chi connectivity index (χ0v) is 12.3. The second-order valence-corrected chi connectivity index (χ2v) is 5.55. The highest BCUT2D eigenvalue weighted by Crippen LogP contribution is 2.36. The summed E-state index contributed by atoms with van der Waals surface area (Å²) in [4.78, 5) is 0. The number of nitrogens with one attached hydrogen (secondary N) is 1. The number of anilines is 1. The van der Waals surface area contributed by atoms with E-state index in [2.05, 4.69) is 22.7 Å². The Morgan fingerprint density at radius 1 is 1.14 bits per heavy atom. The molecule has 0 fully saturated rings. The molecule has 0 bridgehead atoms. The third-order valence-electron chi connectivity index (χ3n) is 4.09. The number of ether oxygens (including phenoxy) is 2. The average molecular weight is 295 g/mol.